The highest BCUT2D eigenvalue weighted by atomic mass is 35.5. The summed E-state index contributed by atoms with van der Waals surface area (Å²) in [5, 5.41) is 14.2. The molecular formula is C19H22ClNO4. The molecule has 5 atom stereocenters. The van der Waals surface area contributed by atoms with Crippen molar-refractivity contribution in [3.05, 3.63) is 35.4 Å². The fourth-order valence-electron chi connectivity index (χ4n) is 5.85. The zero-order chi connectivity index (χ0) is 16.7. The van der Waals surface area contributed by atoms with Crippen molar-refractivity contribution in [2.75, 3.05) is 13.7 Å². The Balaban J connectivity index is 0.00000157. The number of methoxy groups -OCH3 is 1. The zero-order valence-electron chi connectivity index (χ0n) is 14.2. The second-order valence-electron chi connectivity index (χ2n) is 7.38. The molecule has 25 heavy (non-hydrogen) atoms. The summed E-state index contributed by atoms with van der Waals surface area (Å²) in [7, 11) is 1.63. The van der Waals surface area contributed by atoms with Crippen LogP contribution in [-0.2, 0) is 16.6 Å². The van der Waals surface area contributed by atoms with Gasteiger partial charge in [0.2, 0.25) is 0 Å². The summed E-state index contributed by atoms with van der Waals surface area (Å²) in [5.74, 6) is 1.53. The van der Waals surface area contributed by atoms with Crippen molar-refractivity contribution >= 4 is 18.2 Å². The molecule has 1 saturated heterocycles. The predicted octanol–water partition coefficient (Wildman–Crippen LogP) is 1.54. The summed E-state index contributed by atoms with van der Waals surface area (Å²) in [6.45, 7) is 2.49. The highest BCUT2D eigenvalue weighted by Gasteiger charge is 2.72. The SMILES string of the molecule is COc1ccc2c3c1OC1C(O)C=CC4(C(C)=O)[C@@H](C2)NCC[C@@]314.Cl. The Morgan fingerprint density at radius 2 is 2.24 bits per heavy atom. The van der Waals surface area contributed by atoms with Gasteiger partial charge in [0.05, 0.1) is 17.9 Å². The lowest BCUT2D eigenvalue weighted by atomic mass is 9.44. The molecule has 134 valence electrons. The minimum absolute atomic E-state index is 0. The molecule has 2 bridgehead atoms. The van der Waals surface area contributed by atoms with E-state index in [0.29, 0.717) is 11.5 Å². The van der Waals surface area contributed by atoms with Crippen molar-refractivity contribution in [3.8, 4) is 11.5 Å². The fraction of sp³-hybridized carbons (Fsp3) is 0.526. The number of benzene rings is 1. The first-order chi connectivity index (χ1) is 11.6. The standard InChI is InChI=1S/C19H21NO4.ClH/c1-10(21)18-6-5-12(22)17-19(18)7-8-20-14(18)9-11-3-4-13(23-2)16(24-17)15(11)19;/h3-6,12,14,17,20,22H,7-9H2,1-2H3;1H/t12?,14-,17?,18?,19-;/m1./s1. The molecule has 4 aliphatic rings. The summed E-state index contributed by atoms with van der Waals surface area (Å²) in [4.78, 5) is 12.9. The van der Waals surface area contributed by atoms with Crippen LogP contribution in [0.1, 0.15) is 24.5 Å². The van der Waals surface area contributed by atoms with Crippen LogP contribution >= 0.6 is 12.4 Å². The number of ketones is 1. The summed E-state index contributed by atoms with van der Waals surface area (Å²) < 4.78 is 11.8. The Morgan fingerprint density at radius 1 is 1.44 bits per heavy atom. The van der Waals surface area contributed by atoms with Crippen LogP contribution < -0.4 is 14.8 Å². The Hall–Kier alpha value is -1.56. The topological polar surface area (TPSA) is 67.8 Å². The molecule has 2 aliphatic heterocycles. The molecule has 1 fully saturated rings. The smallest absolute Gasteiger partial charge is 0.166 e. The molecule has 0 amide bonds. The predicted molar refractivity (Wildman–Crippen MR) is 94.7 cm³/mol. The van der Waals surface area contributed by atoms with E-state index in [4.69, 9.17) is 9.47 Å². The number of piperidine rings is 1. The molecule has 2 aliphatic carbocycles. The lowest BCUT2D eigenvalue weighted by Crippen LogP contribution is -2.73. The fourth-order valence-corrected chi connectivity index (χ4v) is 5.85. The quantitative estimate of drug-likeness (QED) is 0.780. The molecular weight excluding hydrogens is 342 g/mol. The highest BCUT2D eigenvalue weighted by molar-refractivity contribution is 5.90. The van der Waals surface area contributed by atoms with Crippen LogP contribution in [-0.4, -0.2) is 42.8 Å². The van der Waals surface area contributed by atoms with Crippen LogP contribution in [0.4, 0.5) is 0 Å². The molecule has 0 aromatic heterocycles. The Labute approximate surface area is 152 Å². The molecule has 5 rings (SSSR count). The van der Waals surface area contributed by atoms with Gasteiger partial charge in [0, 0.05) is 11.6 Å². The Morgan fingerprint density at radius 3 is 2.96 bits per heavy atom. The molecule has 2 N–H and O–H groups in total. The maximum absolute atomic E-state index is 12.9. The largest absolute Gasteiger partial charge is 0.493 e. The number of ether oxygens (including phenoxy) is 2. The number of nitrogens with one attached hydrogen (secondary N) is 1. The van der Waals surface area contributed by atoms with Gasteiger partial charge in [0.15, 0.2) is 11.5 Å². The molecule has 1 spiro atoms. The van der Waals surface area contributed by atoms with Crippen molar-refractivity contribution in [2.45, 2.75) is 43.4 Å². The van der Waals surface area contributed by atoms with Crippen molar-refractivity contribution in [1.29, 1.82) is 0 Å². The lowest BCUT2D eigenvalue weighted by molar-refractivity contribution is -0.139. The number of Topliss-reactive ketones (excluding diaryl/α,β-unsaturated/α-hetero) is 1. The van der Waals surface area contributed by atoms with E-state index in [1.807, 2.05) is 12.1 Å². The number of carbonyl (C=O) groups excluding carboxylic acids is 1. The Kier molecular flexibility index (Phi) is 3.53. The molecule has 2 heterocycles. The second kappa shape index (κ2) is 5.22. The van der Waals surface area contributed by atoms with Crippen LogP contribution in [0.3, 0.4) is 0 Å². The first-order valence-electron chi connectivity index (χ1n) is 8.55. The summed E-state index contributed by atoms with van der Waals surface area (Å²) >= 11 is 0. The van der Waals surface area contributed by atoms with Crippen LogP contribution in [0, 0.1) is 5.41 Å². The average molecular weight is 364 g/mol. The van der Waals surface area contributed by atoms with Gasteiger partial charge in [-0.1, -0.05) is 18.2 Å². The minimum Gasteiger partial charge on any atom is -0.493 e. The van der Waals surface area contributed by atoms with Gasteiger partial charge in [-0.15, -0.1) is 12.4 Å². The summed E-state index contributed by atoms with van der Waals surface area (Å²) in [5.41, 5.74) is 1.10. The maximum Gasteiger partial charge on any atom is 0.166 e. The van der Waals surface area contributed by atoms with Crippen LogP contribution in [0.5, 0.6) is 11.5 Å². The van der Waals surface area contributed by atoms with Gasteiger partial charge in [-0.2, -0.15) is 0 Å². The Bertz CT molecular complexity index is 794. The van der Waals surface area contributed by atoms with Crippen molar-refractivity contribution < 1.29 is 19.4 Å². The monoisotopic (exact) mass is 363 g/mol. The van der Waals surface area contributed by atoms with E-state index in [1.54, 1.807) is 20.1 Å². The molecule has 0 radical (unpaired) electrons. The van der Waals surface area contributed by atoms with Crippen LogP contribution in [0.25, 0.3) is 0 Å². The molecule has 0 saturated carbocycles. The van der Waals surface area contributed by atoms with E-state index < -0.39 is 23.0 Å². The molecule has 3 unspecified atom stereocenters. The van der Waals surface area contributed by atoms with E-state index in [2.05, 4.69) is 11.4 Å². The van der Waals surface area contributed by atoms with Gasteiger partial charge in [-0.05, 0) is 37.9 Å². The normalized spacial score (nSPS) is 39.1. The van der Waals surface area contributed by atoms with Gasteiger partial charge in [-0.3, -0.25) is 4.79 Å². The third-order valence-corrected chi connectivity index (χ3v) is 6.68. The minimum atomic E-state index is -0.723. The number of aliphatic hydroxyl groups excluding tert-OH is 1. The number of hydrogen-bond donors (Lipinski definition) is 2. The molecule has 6 heteroatoms. The van der Waals surface area contributed by atoms with Crippen molar-refractivity contribution in [1.82, 2.24) is 5.32 Å². The molecule has 5 nitrogen and oxygen atoms in total. The van der Waals surface area contributed by atoms with E-state index in [1.165, 1.54) is 5.56 Å². The van der Waals surface area contributed by atoms with E-state index in [0.717, 1.165) is 24.9 Å². The average Bonchev–Trinajstić information content (AvgIpc) is 2.90. The van der Waals surface area contributed by atoms with Crippen molar-refractivity contribution in [2.24, 2.45) is 5.41 Å². The van der Waals surface area contributed by atoms with Crippen LogP contribution in [0.2, 0.25) is 0 Å². The number of aliphatic hydroxyl groups is 1. The zero-order valence-corrected chi connectivity index (χ0v) is 15.1. The van der Waals surface area contributed by atoms with Gasteiger partial charge in [0.1, 0.15) is 18.0 Å². The summed E-state index contributed by atoms with van der Waals surface area (Å²) in [6.07, 6.45) is 4.08. The van der Waals surface area contributed by atoms with E-state index in [9.17, 15) is 9.90 Å². The number of hydrogen-bond acceptors (Lipinski definition) is 5. The number of rotatable bonds is 2. The lowest BCUT2D eigenvalue weighted by Gasteiger charge is -2.60. The second-order valence-corrected chi connectivity index (χ2v) is 7.38. The molecule has 1 aromatic carbocycles. The van der Waals surface area contributed by atoms with Crippen molar-refractivity contribution in [3.63, 3.8) is 0 Å². The van der Waals surface area contributed by atoms with Gasteiger partial charge in [-0.25, -0.2) is 0 Å². The first-order valence-corrected chi connectivity index (χ1v) is 8.55. The van der Waals surface area contributed by atoms with Gasteiger partial charge < -0.3 is 19.9 Å². The van der Waals surface area contributed by atoms with Crippen LogP contribution in [0.15, 0.2) is 24.3 Å². The number of halogens is 1. The maximum atomic E-state index is 12.9. The van der Waals surface area contributed by atoms with Gasteiger partial charge in [0.25, 0.3) is 0 Å². The van der Waals surface area contributed by atoms with E-state index >= 15 is 0 Å². The number of carbonyl (C=O) groups is 1. The third kappa shape index (κ3) is 1.65. The third-order valence-electron chi connectivity index (χ3n) is 6.68. The van der Waals surface area contributed by atoms with E-state index in [-0.39, 0.29) is 24.2 Å². The van der Waals surface area contributed by atoms with Gasteiger partial charge >= 0.3 is 0 Å². The first kappa shape index (κ1) is 16.9. The highest BCUT2D eigenvalue weighted by Crippen LogP contribution is 2.66. The molecule has 1 aromatic rings. The summed E-state index contributed by atoms with van der Waals surface area (Å²) in [6, 6.07) is 4.05.